The van der Waals surface area contributed by atoms with E-state index in [0.717, 1.165) is 57.8 Å². The highest BCUT2D eigenvalue weighted by molar-refractivity contribution is 6.35. The zero-order valence-electron chi connectivity index (χ0n) is 26.8. The number of hydrogen-bond acceptors (Lipinski definition) is 10. The van der Waals surface area contributed by atoms with Crippen LogP contribution in [0.3, 0.4) is 0 Å². The summed E-state index contributed by atoms with van der Waals surface area (Å²) in [4.78, 5) is 29.4. The molecular formula is C32H43N3O8. The lowest BCUT2D eigenvalue weighted by molar-refractivity contribution is -0.137. The Morgan fingerprint density at radius 3 is 1.72 bits per heavy atom. The summed E-state index contributed by atoms with van der Waals surface area (Å²) < 4.78 is 35.9. The van der Waals surface area contributed by atoms with E-state index in [-0.39, 0.29) is 30.7 Å². The summed E-state index contributed by atoms with van der Waals surface area (Å²) in [5.41, 5.74) is 5.81. The molecule has 2 aromatic rings. The molecule has 0 aliphatic carbocycles. The first-order valence-electron chi connectivity index (χ1n) is 14.5. The molecule has 1 fully saturated rings. The Morgan fingerprint density at radius 2 is 1.23 bits per heavy atom. The number of rotatable bonds is 9. The molecule has 0 spiro atoms. The Bertz CT molecular complexity index is 1460. The molecule has 1 amide bonds. The molecular weight excluding hydrogens is 554 g/mol. The smallest absolute Gasteiger partial charge is 0.287 e. The highest BCUT2D eigenvalue weighted by atomic mass is 16.5. The van der Waals surface area contributed by atoms with Crippen molar-refractivity contribution in [3.05, 3.63) is 33.4 Å². The van der Waals surface area contributed by atoms with E-state index >= 15 is 0 Å². The predicted octanol–water partition coefficient (Wildman–Crippen LogP) is 2.94. The van der Waals surface area contributed by atoms with Crippen LogP contribution in [0.5, 0.6) is 34.5 Å². The quantitative estimate of drug-likeness (QED) is 0.434. The van der Waals surface area contributed by atoms with Crippen LogP contribution < -0.4 is 33.7 Å². The number of hydrogen-bond donors (Lipinski definition) is 1. The number of nitrogens with one attached hydrogen (secondary N) is 1. The number of fused-ring (bicyclic) bond motifs is 7. The second-order valence-electron chi connectivity index (χ2n) is 11.5. The number of carbonyl (C=O) groups excluding carboxylic acids is 2. The van der Waals surface area contributed by atoms with E-state index in [1.165, 1.54) is 6.92 Å². The third-order valence-electron chi connectivity index (χ3n) is 9.57. The van der Waals surface area contributed by atoms with Gasteiger partial charge in [0, 0.05) is 65.5 Å². The lowest BCUT2D eigenvalue weighted by Crippen LogP contribution is -2.64. The van der Waals surface area contributed by atoms with Gasteiger partial charge in [0.1, 0.15) is 11.5 Å². The Hall–Kier alpha value is -3.70. The summed E-state index contributed by atoms with van der Waals surface area (Å²) in [6, 6.07) is -0.327. The van der Waals surface area contributed by atoms with E-state index in [1.54, 1.807) is 42.7 Å². The molecule has 11 heteroatoms. The second kappa shape index (κ2) is 11.8. The summed E-state index contributed by atoms with van der Waals surface area (Å²) in [7, 11) is 12.1. The molecule has 0 saturated carbocycles. The number of likely N-dealkylation sites (N-methyl/N-ethyl adjacent to an activating group) is 1. The first-order valence-corrected chi connectivity index (χ1v) is 14.5. The van der Waals surface area contributed by atoms with Crippen molar-refractivity contribution in [3.8, 4) is 34.5 Å². The Kier molecular flexibility index (Phi) is 8.41. The van der Waals surface area contributed by atoms with Crippen LogP contribution >= 0.6 is 0 Å². The third-order valence-corrected chi connectivity index (χ3v) is 9.57. The number of ketones is 1. The minimum Gasteiger partial charge on any atom is -0.496 e. The number of methoxy groups -OCH3 is 6. The molecule has 43 heavy (non-hydrogen) atoms. The summed E-state index contributed by atoms with van der Waals surface area (Å²) in [5, 5.41) is 2.88. The molecule has 0 radical (unpaired) electrons. The van der Waals surface area contributed by atoms with Crippen molar-refractivity contribution < 1.29 is 38.0 Å². The van der Waals surface area contributed by atoms with Crippen molar-refractivity contribution in [2.45, 2.75) is 57.8 Å². The van der Waals surface area contributed by atoms with Gasteiger partial charge in [-0.2, -0.15) is 0 Å². The number of amides is 1. The van der Waals surface area contributed by atoms with Gasteiger partial charge < -0.3 is 33.7 Å². The normalized spacial score (nSPS) is 22.5. The average molecular weight is 598 g/mol. The highest BCUT2D eigenvalue weighted by Gasteiger charge is 2.53. The first kappa shape index (κ1) is 30.7. The monoisotopic (exact) mass is 597 g/mol. The van der Waals surface area contributed by atoms with Gasteiger partial charge in [-0.25, -0.2) is 0 Å². The van der Waals surface area contributed by atoms with Crippen LogP contribution in [0.4, 0.5) is 0 Å². The van der Waals surface area contributed by atoms with E-state index in [2.05, 4.69) is 22.2 Å². The summed E-state index contributed by atoms with van der Waals surface area (Å²) >= 11 is 0. The number of ether oxygens (including phenoxy) is 6. The molecule has 0 aromatic heterocycles. The van der Waals surface area contributed by atoms with Crippen LogP contribution in [0.25, 0.3) is 0 Å². The van der Waals surface area contributed by atoms with Crippen LogP contribution in [-0.2, 0) is 22.4 Å². The number of carbonyl (C=O) groups is 2. The van der Waals surface area contributed by atoms with Crippen LogP contribution in [0.1, 0.15) is 52.4 Å². The average Bonchev–Trinajstić information content (AvgIpc) is 2.98. The molecule has 0 unspecified atom stereocenters. The molecule has 2 aromatic carbocycles. The fourth-order valence-electron chi connectivity index (χ4n) is 7.81. The molecule has 234 valence electrons. The van der Waals surface area contributed by atoms with Crippen LogP contribution in [-0.4, -0.2) is 96.4 Å². The predicted molar refractivity (Wildman–Crippen MR) is 160 cm³/mol. The van der Waals surface area contributed by atoms with Crippen molar-refractivity contribution in [1.29, 1.82) is 0 Å². The van der Waals surface area contributed by atoms with Crippen molar-refractivity contribution in [2.24, 2.45) is 0 Å². The van der Waals surface area contributed by atoms with Gasteiger partial charge in [0.05, 0.1) is 54.7 Å². The van der Waals surface area contributed by atoms with E-state index in [9.17, 15) is 9.59 Å². The topological polar surface area (TPSA) is 108 Å². The maximum atomic E-state index is 12.6. The molecule has 3 aliphatic rings. The Balaban J connectivity index is 1.78. The van der Waals surface area contributed by atoms with E-state index in [0.29, 0.717) is 29.4 Å². The molecule has 3 aliphatic heterocycles. The van der Waals surface area contributed by atoms with E-state index < -0.39 is 11.7 Å². The van der Waals surface area contributed by atoms with E-state index in [4.69, 9.17) is 28.4 Å². The molecule has 1 N–H and O–H groups in total. The highest BCUT2D eigenvalue weighted by Crippen LogP contribution is 2.58. The molecule has 4 atom stereocenters. The van der Waals surface area contributed by atoms with Gasteiger partial charge in [0.2, 0.25) is 5.78 Å². The van der Waals surface area contributed by atoms with Gasteiger partial charge >= 0.3 is 0 Å². The number of piperazine rings is 1. The first-order chi connectivity index (χ1) is 20.6. The standard InChI is InChI=1S/C32H43N3O8/c1-15-26(38-5)19-11-18-14-35-21(25(34(18)4)24(19)31(43-10)29(15)41-8)12-20-23(22(35)13-33-32(37)17(3)36)30(42-9)28(40-7)16(2)27(20)39-6/h18,21-22,25H,11-14H2,1-10H3,(H,33,37)/t18-,21-,22+,25+/m0/s1. The maximum absolute atomic E-state index is 12.6. The van der Waals surface area contributed by atoms with Gasteiger partial charge in [-0.3, -0.25) is 19.4 Å². The fraction of sp³-hybridized carbons (Fsp3) is 0.562. The minimum atomic E-state index is -0.625. The largest absolute Gasteiger partial charge is 0.496 e. The van der Waals surface area contributed by atoms with Gasteiger partial charge in [0.15, 0.2) is 23.0 Å². The van der Waals surface area contributed by atoms with Gasteiger partial charge in [-0.05, 0) is 33.7 Å². The number of Topliss-reactive ketones (excluding diaryl/α,β-unsaturated/α-hetero) is 1. The van der Waals surface area contributed by atoms with Crippen molar-refractivity contribution >= 4 is 11.7 Å². The van der Waals surface area contributed by atoms with Gasteiger partial charge in [0.25, 0.3) is 5.91 Å². The lowest BCUT2D eigenvalue weighted by atomic mass is 9.73. The van der Waals surface area contributed by atoms with Gasteiger partial charge in [-0.1, -0.05) is 0 Å². The Morgan fingerprint density at radius 1 is 0.744 bits per heavy atom. The third kappa shape index (κ3) is 4.55. The zero-order chi connectivity index (χ0) is 31.3. The molecule has 11 nitrogen and oxygen atoms in total. The molecule has 5 rings (SSSR count). The van der Waals surface area contributed by atoms with Crippen LogP contribution in [0.15, 0.2) is 0 Å². The number of benzene rings is 2. The molecule has 3 heterocycles. The SMILES string of the molecule is COc1c(C)c(OC)c(OC)c2c1C[C@H]1[C@@H]3c4c(c(OC)c(C)c(OC)c4OC)C[C@@H](CN1[C@@H]2CNC(=O)C(C)=O)N3C. The fourth-order valence-corrected chi connectivity index (χ4v) is 7.81. The zero-order valence-corrected chi connectivity index (χ0v) is 26.8. The summed E-state index contributed by atoms with van der Waals surface area (Å²) in [6.45, 7) is 6.16. The number of nitrogens with zero attached hydrogens (tertiary/aromatic N) is 2. The second-order valence-corrected chi connectivity index (χ2v) is 11.5. The summed E-state index contributed by atoms with van der Waals surface area (Å²) in [6.07, 6.45) is 1.38. The van der Waals surface area contributed by atoms with Crippen LogP contribution in [0, 0.1) is 13.8 Å². The van der Waals surface area contributed by atoms with Crippen LogP contribution in [0.2, 0.25) is 0 Å². The maximum Gasteiger partial charge on any atom is 0.287 e. The summed E-state index contributed by atoms with van der Waals surface area (Å²) in [5.74, 6) is 2.94. The van der Waals surface area contributed by atoms with Crippen molar-refractivity contribution in [3.63, 3.8) is 0 Å². The Labute approximate surface area is 253 Å². The van der Waals surface area contributed by atoms with E-state index in [1.807, 2.05) is 13.8 Å². The van der Waals surface area contributed by atoms with Crippen molar-refractivity contribution in [2.75, 3.05) is 62.8 Å². The van der Waals surface area contributed by atoms with Gasteiger partial charge in [-0.15, -0.1) is 0 Å². The molecule has 1 saturated heterocycles. The lowest BCUT2D eigenvalue weighted by Gasteiger charge is -2.58. The van der Waals surface area contributed by atoms with Crippen molar-refractivity contribution in [1.82, 2.24) is 15.1 Å². The minimum absolute atomic E-state index is 0.0514. The molecule has 2 bridgehead atoms.